The standard InChI is InChI=1S/C11H8BrFN2O3S/c12-7-1-3-9(13)10(5-7)15-19(17,18)8-2-4-11(16)14-6-8/h1-6,15H,(H,14,16). The maximum atomic E-state index is 13.5. The third-order valence-corrected chi connectivity index (χ3v) is 4.10. The third kappa shape index (κ3) is 3.21. The van der Waals surface area contributed by atoms with Crippen molar-refractivity contribution >= 4 is 31.6 Å². The Hall–Kier alpha value is -1.67. The predicted octanol–water partition coefficient (Wildman–Crippen LogP) is 2.08. The Labute approximate surface area is 116 Å². The number of aromatic amines is 1. The molecule has 0 radical (unpaired) electrons. The van der Waals surface area contributed by atoms with Gasteiger partial charge in [-0.3, -0.25) is 9.52 Å². The molecule has 100 valence electrons. The van der Waals surface area contributed by atoms with Crippen molar-refractivity contribution in [3.05, 3.63) is 57.2 Å². The highest BCUT2D eigenvalue weighted by Crippen LogP contribution is 2.22. The van der Waals surface area contributed by atoms with Gasteiger partial charge in [-0.15, -0.1) is 0 Å². The van der Waals surface area contributed by atoms with E-state index in [1.165, 1.54) is 12.1 Å². The van der Waals surface area contributed by atoms with Crippen LogP contribution in [-0.4, -0.2) is 13.4 Å². The van der Waals surface area contributed by atoms with Gasteiger partial charge >= 0.3 is 0 Å². The molecule has 0 bridgehead atoms. The van der Waals surface area contributed by atoms with E-state index in [4.69, 9.17) is 0 Å². The van der Waals surface area contributed by atoms with E-state index in [1.807, 2.05) is 0 Å². The number of hydrogen-bond acceptors (Lipinski definition) is 3. The zero-order chi connectivity index (χ0) is 14.0. The van der Waals surface area contributed by atoms with Crippen molar-refractivity contribution in [3.8, 4) is 0 Å². The van der Waals surface area contributed by atoms with Crippen molar-refractivity contribution in [3.63, 3.8) is 0 Å². The highest BCUT2D eigenvalue weighted by molar-refractivity contribution is 9.10. The molecule has 2 N–H and O–H groups in total. The van der Waals surface area contributed by atoms with Crippen molar-refractivity contribution in [2.24, 2.45) is 0 Å². The minimum atomic E-state index is -3.95. The maximum Gasteiger partial charge on any atom is 0.263 e. The lowest BCUT2D eigenvalue weighted by atomic mass is 10.3. The number of anilines is 1. The molecule has 0 aliphatic rings. The van der Waals surface area contributed by atoms with E-state index in [9.17, 15) is 17.6 Å². The molecule has 2 aromatic rings. The molecule has 0 fully saturated rings. The summed E-state index contributed by atoms with van der Waals surface area (Å²) in [5.41, 5.74) is -0.604. The molecule has 0 saturated carbocycles. The minimum Gasteiger partial charge on any atom is -0.328 e. The summed E-state index contributed by atoms with van der Waals surface area (Å²) in [5.74, 6) is -0.698. The lowest BCUT2D eigenvalue weighted by Crippen LogP contribution is -2.16. The summed E-state index contributed by atoms with van der Waals surface area (Å²) in [6.07, 6.45) is 1.04. The van der Waals surface area contributed by atoms with Crippen molar-refractivity contribution in [1.82, 2.24) is 4.98 Å². The number of hydrogen-bond donors (Lipinski definition) is 2. The van der Waals surface area contributed by atoms with Crippen LogP contribution in [0.1, 0.15) is 0 Å². The van der Waals surface area contributed by atoms with Gasteiger partial charge < -0.3 is 4.98 Å². The normalized spacial score (nSPS) is 11.3. The van der Waals surface area contributed by atoms with Gasteiger partial charge in [0.15, 0.2) is 0 Å². The van der Waals surface area contributed by atoms with Gasteiger partial charge in [0.1, 0.15) is 10.7 Å². The molecule has 0 aliphatic heterocycles. The van der Waals surface area contributed by atoms with E-state index in [-0.39, 0.29) is 10.6 Å². The van der Waals surface area contributed by atoms with Gasteiger partial charge in [-0.25, -0.2) is 12.8 Å². The molecule has 0 unspecified atom stereocenters. The lowest BCUT2D eigenvalue weighted by molar-refractivity contribution is 0.598. The first-order valence-corrected chi connectivity index (χ1v) is 7.33. The largest absolute Gasteiger partial charge is 0.328 e. The van der Waals surface area contributed by atoms with Crippen LogP contribution in [0.2, 0.25) is 0 Å². The second kappa shape index (κ2) is 5.14. The SMILES string of the molecule is O=c1ccc(S(=O)(=O)Nc2cc(Br)ccc2F)c[nH]1. The quantitative estimate of drug-likeness (QED) is 0.892. The third-order valence-electron chi connectivity index (χ3n) is 2.24. The van der Waals surface area contributed by atoms with Crippen molar-refractivity contribution in [2.75, 3.05) is 4.72 Å². The molecule has 2 rings (SSSR count). The second-order valence-corrected chi connectivity index (χ2v) is 6.22. The van der Waals surface area contributed by atoms with Crippen LogP contribution in [0.15, 0.2) is 50.7 Å². The molecule has 0 atom stereocenters. The fourth-order valence-corrected chi connectivity index (χ4v) is 2.73. The second-order valence-electron chi connectivity index (χ2n) is 3.62. The average Bonchev–Trinajstić information content (AvgIpc) is 2.34. The Morgan fingerprint density at radius 2 is 1.95 bits per heavy atom. The number of benzene rings is 1. The van der Waals surface area contributed by atoms with Crippen LogP contribution in [0.3, 0.4) is 0 Å². The number of rotatable bonds is 3. The van der Waals surface area contributed by atoms with E-state index >= 15 is 0 Å². The molecular weight excluding hydrogens is 339 g/mol. The highest BCUT2D eigenvalue weighted by atomic mass is 79.9. The number of H-pyrrole nitrogens is 1. The summed E-state index contributed by atoms with van der Waals surface area (Å²) in [4.78, 5) is 12.9. The van der Waals surface area contributed by atoms with Gasteiger partial charge in [0.2, 0.25) is 5.56 Å². The summed E-state index contributed by atoms with van der Waals surface area (Å²) in [6.45, 7) is 0. The zero-order valence-electron chi connectivity index (χ0n) is 9.35. The Kier molecular flexibility index (Phi) is 3.72. The summed E-state index contributed by atoms with van der Waals surface area (Å²) >= 11 is 3.12. The lowest BCUT2D eigenvalue weighted by Gasteiger charge is -2.08. The average molecular weight is 347 g/mol. The summed E-state index contributed by atoms with van der Waals surface area (Å²) in [6, 6.07) is 6.10. The summed E-state index contributed by atoms with van der Waals surface area (Å²) in [5, 5.41) is 0. The van der Waals surface area contributed by atoms with Gasteiger partial charge in [0.05, 0.1) is 5.69 Å². The van der Waals surface area contributed by atoms with Crippen molar-refractivity contribution in [1.29, 1.82) is 0 Å². The number of sulfonamides is 1. The van der Waals surface area contributed by atoms with Crippen molar-refractivity contribution < 1.29 is 12.8 Å². The van der Waals surface area contributed by atoms with E-state index in [0.717, 1.165) is 24.4 Å². The molecule has 8 heteroatoms. The van der Waals surface area contributed by atoms with Gasteiger partial charge in [0, 0.05) is 16.7 Å². The minimum absolute atomic E-state index is 0.161. The van der Waals surface area contributed by atoms with E-state index in [1.54, 1.807) is 0 Å². The predicted molar refractivity (Wildman–Crippen MR) is 72.0 cm³/mol. The van der Waals surface area contributed by atoms with E-state index in [2.05, 4.69) is 25.6 Å². The molecule has 1 heterocycles. The number of pyridine rings is 1. The Morgan fingerprint density at radius 3 is 2.58 bits per heavy atom. The van der Waals surface area contributed by atoms with Crippen molar-refractivity contribution in [2.45, 2.75) is 4.90 Å². The van der Waals surface area contributed by atoms with E-state index in [0.29, 0.717) is 4.47 Å². The monoisotopic (exact) mass is 346 g/mol. The molecule has 5 nitrogen and oxygen atoms in total. The first kappa shape index (κ1) is 13.8. The first-order valence-electron chi connectivity index (χ1n) is 5.05. The van der Waals surface area contributed by atoms with Gasteiger partial charge in [-0.05, 0) is 24.3 Å². The molecule has 0 amide bonds. The van der Waals surface area contributed by atoms with Crippen LogP contribution in [0.4, 0.5) is 10.1 Å². The molecule has 1 aromatic heterocycles. The van der Waals surface area contributed by atoms with Crippen LogP contribution < -0.4 is 10.3 Å². The molecule has 0 spiro atoms. The highest BCUT2D eigenvalue weighted by Gasteiger charge is 2.16. The Morgan fingerprint density at radius 1 is 1.21 bits per heavy atom. The van der Waals surface area contributed by atoms with Crippen LogP contribution in [0.25, 0.3) is 0 Å². The van der Waals surface area contributed by atoms with Crippen LogP contribution >= 0.6 is 15.9 Å². The van der Waals surface area contributed by atoms with Crippen LogP contribution in [-0.2, 0) is 10.0 Å². The summed E-state index contributed by atoms with van der Waals surface area (Å²) in [7, 11) is -3.95. The first-order chi connectivity index (χ1) is 8.88. The topological polar surface area (TPSA) is 79.0 Å². The van der Waals surface area contributed by atoms with Gasteiger partial charge in [-0.2, -0.15) is 0 Å². The van der Waals surface area contributed by atoms with Gasteiger partial charge in [0.25, 0.3) is 10.0 Å². The number of halogens is 2. The zero-order valence-corrected chi connectivity index (χ0v) is 11.8. The Bertz CT molecular complexity index is 753. The Balaban J connectivity index is 2.39. The molecule has 19 heavy (non-hydrogen) atoms. The maximum absolute atomic E-state index is 13.5. The molecule has 0 saturated heterocycles. The smallest absolute Gasteiger partial charge is 0.263 e. The van der Waals surface area contributed by atoms with Gasteiger partial charge in [-0.1, -0.05) is 15.9 Å². The fraction of sp³-hybridized carbons (Fsp3) is 0. The number of aromatic nitrogens is 1. The van der Waals surface area contributed by atoms with Crippen LogP contribution in [0.5, 0.6) is 0 Å². The molecule has 0 aliphatic carbocycles. The molecule has 1 aromatic carbocycles. The fourth-order valence-electron chi connectivity index (χ4n) is 1.34. The number of nitrogens with one attached hydrogen (secondary N) is 2. The van der Waals surface area contributed by atoms with Crippen LogP contribution in [0, 0.1) is 5.82 Å². The molecular formula is C11H8BrFN2O3S. The summed E-state index contributed by atoms with van der Waals surface area (Å²) < 4.78 is 40.0. The van der Waals surface area contributed by atoms with E-state index < -0.39 is 21.4 Å².